The van der Waals surface area contributed by atoms with Crippen LogP contribution in [-0.2, 0) is 20.9 Å². The van der Waals surface area contributed by atoms with E-state index in [9.17, 15) is 19.7 Å². The van der Waals surface area contributed by atoms with Gasteiger partial charge in [0, 0.05) is 52.2 Å². The minimum absolute atomic E-state index is 0.0499. The van der Waals surface area contributed by atoms with Crippen LogP contribution in [-0.4, -0.2) is 16.7 Å². The maximum Gasteiger partial charge on any atom is 0.337 e. The second-order valence-corrected chi connectivity index (χ2v) is 9.93. The van der Waals surface area contributed by atoms with Crippen molar-refractivity contribution < 1.29 is 19.2 Å². The largest absolute Gasteiger partial charge is 0.457 e. The third kappa shape index (κ3) is 4.59. The fraction of sp³-hybridized carbons (Fsp3) is 0.214. The molecule has 8 heteroatoms. The van der Waals surface area contributed by atoms with E-state index >= 15 is 0 Å². The topological polar surface area (TPSA) is 98.5 Å². The van der Waals surface area contributed by atoms with Crippen LogP contribution in [0.1, 0.15) is 47.6 Å². The Morgan fingerprint density at radius 3 is 2.64 bits per heavy atom. The molecule has 7 nitrogen and oxygen atoms in total. The molecule has 182 valence electrons. The van der Waals surface area contributed by atoms with Gasteiger partial charge in [0.15, 0.2) is 5.78 Å². The van der Waals surface area contributed by atoms with Gasteiger partial charge in [-0.15, -0.1) is 11.3 Å². The highest BCUT2D eigenvalue weighted by Crippen LogP contribution is 2.46. The Balaban J connectivity index is 1.55. The van der Waals surface area contributed by atoms with Gasteiger partial charge in [0.2, 0.25) is 0 Å². The highest BCUT2D eigenvalue weighted by atomic mass is 32.1. The van der Waals surface area contributed by atoms with Gasteiger partial charge in [0.25, 0.3) is 5.69 Å². The van der Waals surface area contributed by atoms with Crippen molar-refractivity contribution in [2.75, 3.05) is 0 Å². The average Bonchev–Trinajstić information content (AvgIpc) is 3.42. The van der Waals surface area contributed by atoms with E-state index in [2.05, 4.69) is 5.32 Å². The van der Waals surface area contributed by atoms with E-state index in [0.717, 1.165) is 16.1 Å². The van der Waals surface area contributed by atoms with Gasteiger partial charge in [0.05, 0.1) is 10.5 Å². The number of thiophene rings is 1. The van der Waals surface area contributed by atoms with E-state index in [1.807, 2.05) is 47.8 Å². The Labute approximate surface area is 212 Å². The third-order valence-corrected chi connectivity index (χ3v) is 7.65. The first kappa shape index (κ1) is 23.7. The van der Waals surface area contributed by atoms with E-state index in [1.165, 1.54) is 12.1 Å². The number of allylic oxidation sites excluding steroid dienone is 3. The highest BCUT2D eigenvalue weighted by molar-refractivity contribution is 7.10. The summed E-state index contributed by atoms with van der Waals surface area (Å²) >= 11 is 1.62. The molecule has 1 aliphatic carbocycles. The van der Waals surface area contributed by atoms with Crippen LogP contribution >= 0.6 is 11.3 Å². The van der Waals surface area contributed by atoms with Crippen LogP contribution in [0.15, 0.2) is 94.7 Å². The number of nitro groups is 1. The van der Waals surface area contributed by atoms with Crippen LogP contribution in [0.5, 0.6) is 0 Å². The molecule has 0 bridgehead atoms. The number of carbonyl (C=O) groups excluding carboxylic acids is 2. The number of nitrogens with zero attached hydrogens (tertiary/aromatic N) is 1. The lowest BCUT2D eigenvalue weighted by Crippen LogP contribution is -2.36. The van der Waals surface area contributed by atoms with E-state index in [0.29, 0.717) is 35.2 Å². The molecule has 1 N–H and O–H groups in total. The van der Waals surface area contributed by atoms with Crippen molar-refractivity contribution in [2.24, 2.45) is 0 Å². The van der Waals surface area contributed by atoms with E-state index < -0.39 is 16.8 Å². The molecule has 0 saturated heterocycles. The number of dihydropyridines is 1. The van der Waals surface area contributed by atoms with Crippen molar-refractivity contribution >= 4 is 28.8 Å². The minimum Gasteiger partial charge on any atom is -0.457 e. The molecule has 36 heavy (non-hydrogen) atoms. The minimum atomic E-state index is -0.749. The van der Waals surface area contributed by atoms with Crippen LogP contribution in [0.25, 0.3) is 0 Å². The summed E-state index contributed by atoms with van der Waals surface area (Å²) in [6.45, 7) is 1.87. The van der Waals surface area contributed by atoms with Gasteiger partial charge in [-0.25, -0.2) is 4.79 Å². The zero-order valence-electron chi connectivity index (χ0n) is 19.6. The molecular weight excluding hydrogens is 476 g/mol. The number of Topliss-reactive ketones (excluding diaryl/α,β-unsaturated/α-hetero) is 1. The molecule has 1 aromatic heterocycles. The quantitative estimate of drug-likeness (QED) is 0.262. The Hall–Kier alpha value is -4.04. The highest BCUT2D eigenvalue weighted by Gasteiger charge is 2.42. The van der Waals surface area contributed by atoms with E-state index in [-0.39, 0.29) is 24.0 Å². The number of nitrogens with one attached hydrogen (secondary N) is 1. The summed E-state index contributed by atoms with van der Waals surface area (Å²) in [5, 5.41) is 16.8. The molecule has 5 rings (SSSR count). The van der Waals surface area contributed by atoms with Crippen molar-refractivity contribution in [3.8, 4) is 0 Å². The van der Waals surface area contributed by atoms with Crippen molar-refractivity contribution in [1.82, 2.24) is 5.32 Å². The average molecular weight is 501 g/mol. The molecule has 2 aliphatic rings. The molecule has 2 heterocycles. The molecule has 0 spiro atoms. The second kappa shape index (κ2) is 9.91. The van der Waals surface area contributed by atoms with Gasteiger partial charge in [-0.1, -0.05) is 48.5 Å². The van der Waals surface area contributed by atoms with Gasteiger partial charge in [0.1, 0.15) is 6.61 Å². The fourth-order valence-corrected chi connectivity index (χ4v) is 5.82. The number of ketones is 1. The van der Waals surface area contributed by atoms with E-state index in [4.69, 9.17) is 4.74 Å². The lowest BCUT2D eigenvalue weighted by molar-refractivity contribution is -0.384. The lowest BCUT2D eigenvalue weighted by Gasteiger charge is -2.36. The normalized spacial score (nSPS) is 19.5. The Bertz CT molecular complexity index is 1390. The van der Waals surface area contributed by atoms with Crippen molar-refractivity contribution in [3.63, 3.8) is 0 Å². The predicted octanol–water partition coefficient (Wildman–Crippen LogP) is 5.76. The number of carbonyl (C=O) groups is 2. The lowest BCUT2D eigenvalue weighted by atomic mass is 9.72. The number of esters is 1. The second-order valence-electron chi connectivity index (χ2n) is 8.95. The number of hydrogen-bond acceptors (Lipinski definition) is 7. The molecular formula is C28H24N2O5S. The molecule has 2 aromatic carbocycles. The number of nitro benzene ring substituents is 1. The predicted molar refractivity (Wildman–Crippen MR) is 136 cm³/mol. The van der Waals surface area contributed by atoms with Gasteiger partial charge < -0.3 is 10.1 Å². The SMILES string of the molecule is CC1=C(C(=O)OCc2ccccc2)[C@H](c2cccc([N+](=O)[O-])c2)C2=C(C[C@H](c3cccs3)CC2=O)N1. The van der Waals surface area contributed by atoms with Crippen LogP contribution < -0.4 is 5.32 Å². The summed E-state index contributed by atoms with van der Waals surface area (Å²) in [5.74, 6) is -1.32. The molecule has 1 aliphatic heterocycles. The standard InChI is InChI=1S/C28H24N2O5S/c1-17-25(28(32)35-16-18-7-3-2-4-8-18)26(19-9-5-10-21(13-19)30(33)34)27-22(29-17)14-20(15-23(27)31)24-11-6-12-36-24/h2-13,20,26,29H,14-16H2,1H3/t20-,26-/m0/s1. The summed E-state index contributed by atoms with van der Waals surface area (Å²) in [5.41, 5.74) is 3.40. The van der Waals surface area contributed by atoms with Crippen molar-refractivity contribution in [2.45, 2.75) is 38.2 Å². The first-order valence-electron chi connectivity index (χ1n) is 11.6. The summed E-state index contributed by atoms with van der Waals surface area (Å²) in [6.07, 6.45) is 0.939. The first-order valence-corrected chi connectivity index (χ1v) is 12.5. The summed E-state index contributed by atoms with van der Waals surface area (Å²) in [4.78, 5) is 39.2. The van der Waals surface area contributed by atoms with Gasteiger partial charge in [-0.2, -0.15) is 0 Å². The number of non-ortho nitro benzene ring substituents is 1. The van der Waals surface area contributed by atoms with Gasteiger partial charge in [-0.05, 0) is 35.9 Å². The van der Waals surface area contributed by atoms with Crippen LogP contribution in [0.2, 0.25) is 0 Å². The zero-order chi connectivity index (χ0) is 25.2. The molecule has 2 atom stereocenters. The van der Waals surface area contributed by atoms with Crippen LogP contribution in [0.3, 0.4) is 0 Å². The fourth-order valence-electron chi connectivity index (χ4n) is 4.99. The molecule has 0 radical (unpaired) electrons. The smallest absolute Gasteiger partial charge is 0.337 e. The van der Waals surface area contributed by atoms with Crippen molar-refractivity contribution in [1.29, 1.82) is 0 Å². The first-order chi connectivity index (χ1) is 17.4. The van der Waals surface area contributed by atoms with Crippen LogP contribution in [0, 0.1) is 10.1 Å². The maximum absolute atomic E-state index is 13.6. The Morgan fingerprint density at radius 1 is 1.11 bits per heavy atom. The Kier molecular flexibility index (Phi) is 6.52. The third-order valence-electron chi connectivity index (χ3n) is 6.62. The molecule has 3 aromatic rings. The van der Waals surface area contributed by atoms with Gasteiger partial charge >= 0.3 is 5.97 Å². The molecule has 0 saturated carbocycles. The van der Waals surface area contributed by atoms with E-state index in [1.54, 1.807) is 30.4 Å². The van der Waals surface area contributed by atoms with Crippen LogP contribution in [0.4, 0.5) is 5.69 Å². The summed E-state index contributed by atoms with van der Waals surface area (Å²) in [6, 6.07) is 19.5. The zero-order valence-corrected chi connectivity index (χ0v) is 20.4. The molecule has 0 amide bonds. The van der Waals surface area contributed by atoms with Gasteiger partial charge in [-0.3, -0.25) is 14.9 Å². The number of ether oxygens (including phenoxy) is 1. The molecule has 0 unspecified atom stereocenters. The number of benzene rings is 2. The van der Waals surface area contributed by atoms with Crippen molar-refractivity contribution in [3.05, 3.63) is 121 Å². The number of hydrogen-bond donors (Lipinski definition) is 1. The monoisotopic (exact) mass is 500 g/mol. The maximum atomic E-state index is 13.6. The Morgan fingerprint density at radius 2 is 1.92 bits per heavy atom. The summed E-state index contributed by atoms with van der Waals surface area (Å²) < 4.78 is 5.66. The molecule has 0 fully saturated rings. The summed E-state index contributed by atoms with van der Waals surface area (Å²) in [7, 11) is 0. The number of rotatable bonds is 6.